The van der Waals surface area contributed by atoms with Crippen LogP contribution in [0.25, 0.3) is 32.7 Å². The Kier molecular flexibility index (Phi) is 2.02. The van der Waals surface area contributed by atoms with Crippen LogP contribution < -0.4 is 0 Å². The van der Waals surface area contributed by atoms with Crippen LogP contribution in [-0.2, 0) is 0 Å². The third kappa shape index (κ3) is 1.36. The molecule has 0 N–H and O–H groups in total. The maximum absolute atomic E-state index is 6.13. The SMILES string of the molecule is Cc1cccc2oc3c4ccccc4cc(C)c3c12. The average molecular weight is 246 g/mol. The number of fused-ring (bicyclic) bond motifs is 5. The van der Waals surface area contributed by atoms with E-state index < -0.39 is 0 Å². The Morgan fingerprint density at radius 2 is 1.63 bits per heavy atom. The Morgan fingerprint density at radius 3 is 2.53 bits per heavy atom. The molecule has 19 heavy (non-hydrogen) atoms. The standard InChI is InChI=1S/C18H14O/c1-11-6-5-9-15-16(11)17-12(2)10-13-7-3-4-8-14(13)18(17)19-15/h3-10H,1-2H3. The molecule has 0 spiro atoms. The Labute approximate surface area is 111 Å². The van der Waals surface area contributed by atoms with Gasteiger partial charge in [0.25, 0.3) is 0 Å². The number of furan rings is 1. The highest BCUT2D eigenvalue weighted by Crippen LogP contribution is 2.37. The second-order valence-corrected chi connectivity index (χ2v) is 5.17. The molecule has 92 valence electrons. The Hall–Kier alpha value is -2.28. The van der Waals surface area contributed by atoms with Crippen molar-refractivity contribution in [1.82, 2.24) is 0 Å². The van der Waals surface area contributed by atoms with E-state index in [0.717, 1.165) is 11.2 Å². The predicted octanol–water partition coefficient (Wildman–Crippen LogP) is 5.36. The van der Waals surface area contributed by atoms with Crippen LogP contribution in [-0.4, -0.2) is 0 Å². The maximum atomic E-state index is 6.13. The smallest absolute Gasteiger partial charge is 0.143 e. The molecule has 0 aliphatic rings. The summed E-state index contributed by atoms with van der Waals surface area (Å²) in [4.78, 5) is 0. The Bertz CT molecular complexity index is 929. The fourth-order valence-electron chi connectivity index (χ4n) is 3.02. The highest BCUT2D eigenvalue weighted by molar-refractivity contribution is 6.17. The lowest BCUT2D eigenvalue weighted by molar-refractivity contribution is 0.672. The Balaban J connectivity index is 2.38. The van der Waals surface area contributed by atoms with Crippen molar-refractivity contribution < 1.29 is 4.42 Å². The quantitative estimate of drug-likeness (QED) is 0.407. The van der Waals surface area contributed by atoms with E-state index in [-0.39, 0.29) is 0 Å². The second-order valence-electron chi connectivity index (χ2n) is 5.17. The average Bonchev–Trinajstić information content (AvgIpc) is 2.80. The van der Waals surface area contributed by atoms with Crippen LogP contribution in [0.2, 0.25) is 0 Å². The summed E-state index contributed by atoms with van der Waals surface area (Å²) in [7, 11) is 0. The van der Waals surface area contributed by atoms with Gasteiger partial charge in [0.1, 0.15) is 11.2 Å². The van der Waals surface area contributed by atoms with E-state index in [1.165, 1.54) is 32.7 Å². The van der Waals surface area contributed by atoms with E-state index in [2.05, 4.69) is 62.4 Å². The molecule has 0 saturated heterocycles. The van der Waals surface area contributed by atoms with Gasteiger partial charge in [-0.1, -0.05) is 42.5 Å². The lowest BCUT2D eigenvalue weighted by atomic mass is 9.99. The number of hydrogen-bond acceptors (Lipinski definition) is 1. The number of rotatable bonds is 0. The summed E-state index contributed by atoms with van der Waals surface area (Å²) < 4.78 is 6.13. The van der Waals surface area contributed by atoms with E-state index in [1.54, 1.807) is 0 Å². The monoisotopic (exact) mass is 246 g/mol. The van der Waals surface area contributed by atoms with E-state index in [9.17, 15) is 0 Å². The Morgan fingerprint density at radius 1 is 0.789 bits per heavy atom. The molecular formula is C18H14O. The lowest BCUT2D eigenvalue weighted by Crippen LogP contribution is -1.80. The van der Waals surface area contributed by atoms with Gasteiger partial charge in [0.2, 0.25) is 0 Å². The third-order valence-electron chi connectivity index (χ3n) is 3.90. The fourth-order valence-corrected chi connectivity index (χ4v) is 3.02. The predicted molar refractivity (Wildman–Crippen MR) is 80.7 cm³/mol. The molecule has 1 heterocycles. The molecule has 3 aromatic carbocycles. The number of aryl methyl sites for hydroxylation is 2. The summed E-state index contributed by atoms with van der Waals surface area (Å²) in [6, 6.07) is 16.9. The van der Waals surface area contributed by atoms with Gasteiger partial charge in [-0.2, -0.15) is 0 Å². The van der Waals surface area contributed by atoms with E-state index >= 15 is 0 Å². The highest BCUT2D eigenvalue weighted by Gasteiger charge is 2.13. The third-order valence-corrected chi connectivity index (χ3v) is 3.90. The summed E-state index contributed by atoms with van der Waals surface area (Å²) in [5.74, 6) is 0. The first-order valence-electron chi connectivity index (χ1n) is 6.56. The van der Waals surface area contributed by atoms with Crippen molar-refractivity contribution >= 4 is 32.7 Å². The molecule has 0 saturated carbocycles. The van der Waals surface area contributed by atoms with Crippen LogP contribution in [0.3, 0.4) is 0 Å². The fraction of sp³-hybridized carbons (Fsp3) is 0.111. The van der Waals surface area contributed by atoms with Crippen LogP contribution in [0, 0.1) is 13.8 Å². The molecule has 1 aromatic heterocycles. The lowest BCUT2D eigenvalue weighted by Gasteiger charge is -2.02. The number of benzene rings is 3. The molecule has 0 bridgehead atoms. The van der Waals surface area contributed by atoms with Crippen LogP contribution in [0.5, 0.6) is 0 Å². The molecule has 4 rings (SSSR count). The van der Waals surface area contributed by atoms with Crippen LogP contribution in [0.15, 0.2) is 52.9 Å². The molecule has 0 aliphatic heterocycles. The van der Waals surface area contributed by atoms with Crippen molar-refractivity contribution in [2.45, 2.75) is 13.8 Å². The van der Waals surface area contributed by atoms with Crippen molar-refractivity contribution in [3.63, 3.8) is 0 Å². The molecule has 0 atom stereocenters. The topological polar surface area (TPSA) is 13.1 Å². The van der Waals surface area contributed by atoms with E-state index in [4.69, 9.17) is 4.42 Å². The summed E-state index contributed by atoms with van der Waals surface area (Å²) in [6.07, 6.45) is 0. The van der Waals surface area contributed by atoms with Gasteiger partial charge >= 0.3 is 0 Å². The zero-order chi connectivity index (χ0) is 13.0. The molecule has 4 aromatic rings. The van der Waals surface area contributed by atoms with E-state index in [0.29, 0.717) is 0 Å². The molecule has 0 unspecified atom stereocenters. The van der Waals surface area contributed by atoms with E-state index in [1.807, 2.05) is 0 Å². The summed E-state index contributed by atoms with van der Waals surface area (Å²) >= 11 is 0. The first-order valence-corrected chi connectivity index (χ1v) is 6.56. The number of hydrogen-bond donors (Lipinski definition) is 0. The first kappa shape index (κ1) is 10.6. The minimum absolute atomic E-state index is 0.981. The summed E-state index contributed by atoms with van der Waals surface area (Å²) in [5.41, 5.74) is 4.55. The summed E-state index contributed by atoms with van der Waals surface area (Å²) in [6.45, 7) is 4.31. The maximum Gasteiger partial charge on any atom is 0.143 e. The van der Waals surface area contributed by atoms with Crippen molar-refractivity contribution in [1.29, 1.82) is 0 Å². The normalized spacial score (nSPS) is 11.7. The molecule has 0 amide bonds. The zero-order valence-electron chi connectivity index (χ0n) is 11.0. The van der Waals surface area contributed by atoms with Crippen LogP contribution in [0.4, 0.5) is 0 Å². The molecule has 1 nitrogen and oxygen atoms in total. The van der Waals surface area contributed by atoms with Gasteiger partial charge < -0.3 is 4.42 Å². The molecule has 0 radical (unpaired) electrons. The zero-order valence-corrected chi connectivity index (χ0v) is 11.0. The molecule has 1 heteroatoms. The van der Waals surface area contributed by atoms with Gasteiger partial charge in [-0.05, 0) is 36.4 Å². The second kappa shape index (κ2) is 3.61. The van der Waals surface area contributed by atoms with Crippen LogP contribution in [0.1, 0.15) is 11.1 Å². The van der Waals surface area contributed by atoms with Crippen LogP contribution >= 0.6 is 0 Å². The molecular weight excluding hydrogens is 232 g/mol. The van der Waals surface area contributed by atoms with Gasteiger partial charge in [0, 0.05) is 16.2 Å². The van der Waals surface area contributed by atoms with Crippen molar-refractivity contribution in [3.8, 4) is 0 Å². The van der Waals surface area contributed by atoms with Gasteiger partial charge in [-0.3, -0.25) is 0 Å². The van der Waals surface area contributed by atoms with Crippen molar-refractivity contribution in [3.05, 3.63) is 59.7 Å². The minimum atomic E-state index is 0.981. The molecule has 0 aliphatic carbocycles. The molecule has 0 fully saturated rings. The van der Waals surface area contributed by atoms with Gasteiger partial charge in [0.15, 0.2) is 0 Å². The van der Waals surface area contributed by atoms with Gasteiger partial charge in [0.05, 0.1) is 0 Å². The largest absolute Gasteiger partial charge is 0.455 e. The van der Waals surface area contributed by atoms with Gasteiger partial charge in [-0.15, -0.1) is 0 Å². The minimum Gasteiger partial charge on any atom is -0.455 e. The highest BCUT2D eigenvalue weighted by atomic mass is 16.3. The van der Waals surface area contributed by atoms with Crippen molar-refractivity contribution in [2.75, 3.05) is 0 Å². The van der Waals surface area contributed by atoms with Crippen molar-refractivity contribution in [2.24, 2.45) is 0 Å². The summed E-state index contributed by atoms with van der Waals surface area (Å²) in [5, 5.41) is 4.94. The van der Waals surface area contributed by atoms with Gasteiger partial charge in [-0.25, -0.2) is 0 Å². The first-order chi connectivity index (χ1) is 9.25.